The molecule has 0 N–H and O–H groups in total. The van der Waals surface area contributed by atoms with Gasteiger partial charge in [0.1, 0.15) is 0 Å². The highest BCUT2D eigenvalue weighted by Crippen LogP contribution is 2.30. The molecule has 2 rings (SSSR count). The molecule has 80 valence electrons. The van der Waals surface area contributed by atoms with E-state index in [1.54, 1.807) is 12.1 Å². The molecule has 0 atom stereocenters. The second-order valence-corrected chi connectivity index (χ2v) is 4.53. The van der Waals surface area contributed by atoms with Gasteiger partial charge in [-0.2, -0.15) is 0 Å². The number of halogens is 1. The Morgan fingerprint density at radius 3 is 2.38 bits per heavy atom. The van der Waals surface area contributed by atoms with Crippen LogP contribution in [0.1, 0.15) is 0 Å². The van der Waals surface area contributed by atoms with Gasteiger partial charge in [-0.15, -0.1) is 0 Å². The summed E-state index contributed by atoms with van der Waals surface area (Å²) in [4.78, 5) is 10.6. The van der Waals surface area contributed by atoms with E-state index in [9.17, 15) is 10.1 Å². The SMILES string of the molecule is O=[N+]([O-])c1cc(I)ccc1-c1ccccc1. The number of nitrogens with zero attached hydrogens (tertiary/aromatic N) is 1. The minimum Gasteiger partial charge on any atom is -0.258 e. The van der Waals surface area contributed by atoms with Crippen LogP contribution in [0.4, 0.5) is 5.69 Å². The van der Waals surface area contributed by atoms with Crippen LogP contribution in [0.25, 0.3) is 11.1 Å². The summed E-state index contributed by atoms with van der Waals surface area (Å²) < 4.78 is 0.865. The van der Waals surface area contributed by atoms with Gasteiger partial charge >= 0.3 is 0 Å². The molecule has 0 radical (unpaired) electrons. The lowest BCUT2D eigenvalue weighted by Crippen LogP contribution is -1.92. The normalized spacial score (nSPS) is 10.1. The minimum absolute atomic E-state index is 0.151. The molecule has 2 aromatic carbocycles. The molecule has 3 nitrogen and oxygen atoms in total. The molecule has 0 spiro atoms. The van der Waals surface area contributed by atoms with E-state index in [1.807, 2.05) is 36.4 Å². The predicted octanol–water partition coefficient (Wildman–Crippen LogP) is 3.87. The van der Waals surface area contributed by atoms with Crippen molar-refractivity contribution >= 4 is 28.3 Å². The standard InChI is InChI=1S/C12H8INO2/c13-10-6-7-11(12(8-10)14(15)16)9-4-2-1-3-5-9/h1-8H. The Labute approximate surface area is 106 Å². The molecule has 0 bridgehead atoms. The summed E-state index contributed by atoms with van der Waals surface area (Å²) in [5, 5.41) is 10.9. The van der Waals surface area contributed by atoms with Gasteiger partial charge in [-0.25, -0.2) is 0 Å². The Balaban J connectivity index is 2.61. The van der Waals surface area contributed by atoms with Gasteiger partial charge in [0.25, 0.3) is 5.69 Å². The number of rotatable bonds is 2. The molecule has 0 heterocycles. The van der Waals surface area contributed by atoms with Crippen LogP contribution in [0.5, 0.6) is 0 Å². The third-order valence-corrected chi connectivity index (χ3v) is 2.91. The largest absolute Gasteiger partial charge is 0.278 e. The summed E-state index contributed by atoms with van der Waals surface area (Å²) in [6.45, 7) is 0. The molecule has 0 aromatic heterocycles. The Hall–Kier alpha value is -1.43. The highest BCUT2D eigenvalue weighted by atomic mass is 127. The lowest BCUT2D eigenvalue weighted by atomic mass is 10.0. The number of benzene rings is 2. The Morgan fingerprint density at radius 1 is 1.06 bits per heavy atom. The smallest absolute Gasteiger partial charge is 0.258 e. The Bertz CT molecular complexity index is 526. The zero-order chi connectivity index (χ0) is 11.5. The molecular formula is C12H8INO2. The van der Waals surface area contributed by atoms with Crippen LogP contribution < -0.4 is 0 Å². The van der Waals surface area contributed by atoms with E-state index in [0.717, 1.165) is 9.13 Å². The van der Waals surface area contributed by atoms with Crippen LogP contribution in [-0.2, 0) is 0 Å². The minimum atomic E-state index is -0.343. The molecular weight excluding hydrogens is 317 g/mol. The van der Waals surface area contributed by atoms with E-state index in [2.05, 4.69) is 22.6 Å². The number of hydrogen-bond acceptors (Lipinski definition) is 2. The van der Waals surface area contributed by atoms with Crippen molar-refractivity contribution in [3.05, 3.63) is 62.2 Å². The summed E-state index contributed by atoms with van der Waals surface area (Å²) >= 11 is 2.07. The summed E-state index contributed by atoms with van der Waals surface area (Å²) in [5.41, 5.74) is 1.68. The fourth-order valence-corrected chi connectivity index (χ4v) is 1.99. The van der Waals surface area contributed by atoms with Crippen LogP contribution in [0.3, 0.4) is 0 Å². The molecule has 0 aliphatic heterocycles. The van der Waals surface area contributed by atoms with Crippen LogP contribution in [-0.4, -0.2) is 4.92 Å². The highest BCUT2D eigenvalue weighted by Gasteiger charge is 2.14. The molecule has 0 saturated heterocycles. The van der Waals surface area contributed by atoms with Crippen molar-refractivity contribution in [1.82, 2.24) is 0 Å². The van der Waals surface area contributed by atoms with E-state index in [1.165, 1.54) is 0 Å². The van der Waals surface area contributed by atoms with Crippen molar-refractivity contribution in [3.8, 4) is 11.1 Å². The fourth-order valence-electron chi connectivity index (χ4n) is 1.52. The van der Waals surface area contributed by atoms with E-state index in [-0.39, 0.29) is 10.6 Å². The van der Waals surface area contributed by atoms with Crippen molar-refractivity contribution in [2.24, 2.45) is 0 Å². The van der Waals surface area contributed by atoms with Crippen LogP contribution in [0, 0.1) is 13.7 Å². The summed E-state index contributed by atoms with van der Waals surface area (Å²) in [5.74, 6) is 0. The van der Waals surface area contributed by atoms with Crippen LogP contribution in [0.15, 0.2) is 48.5 Å². The summed E-state index contributed by atoms with van der Waals surface area (Å²) in [7, 11) is 0. The maximum absolute atomic E-state index is 10.9. The monoisotopic (exact) mass is 325 g/mol. The van der Waals surface area contributed by atoms with Gasteiger partial charge in [0.2, 0.25) is 0 Å². The fraction of sp³-hybridized carbons (Fsp3) is 0. The average molecular weight is 325 g/mol. The Morgan fingerprint density at radius 2 is 1.75 bits per heavy atom. The third kappa shape index (κ3) is 2.21. The number of nitro groups is 1. The van der Waals surface area contributed by atoms with E-state index >= 15 is 0 Å². The summed E-state index contributed by atoms with van der Waals surface area (Å²) in [6.07, 6.45) is 0. The first kappa shape index (κ1) is 11.1. The molecule has 2 aromatic rings. The number of hydrogen-bond donors (Lipinski definition) is 0. The predicted molar refractivity (Wildman–Crippen MR) is 71.2 cm³/mol. The van der Waals surface area contributed by atoms with Gasteiger partial charge in [0, 0.05) is 9.64 Å². The van der Waals surface area contributed by atoms with Crippen molar-refractivity contribution in [1.29, 1.82) is 0 Å². The third-order valence-electron chi connectivity index (χ3n) is 2.24. The topological polar surface area (TPSA) is 43.1 Å². The quantitative estimate of drug-likeness (QED) is 0.478. The van der Waals surface area contributed by atoms with E-state index < -0.39 is 0 Å². The molecule has 0 aliphatic carbocycles. The van der Waals surface area contributed by atoms with Gasteiger partial charge < -0.3 is 0 Å². The Kier molecular flexibility index (Phi) is 3.19. The van der Waals surface area contributed by atoms with E-state index in [4.69, 9.17) is 0 Å². The molecule has 4 heteroatoms. The lowest BCUT2D eigenvalue weighted by Gasteiger charge is -2.03. The number of nitro benzene ring substituents is 1. The van der Waals surface area contributed by atoms with Crippen LogP contribution >= 0.6 is 22.6 Å². The van der Waals surface area contributed by atoms with Crippen molar-refractivity contribution in [2.75, 3.05) is 0 Å². The average Bonchev–Trinajstić information content (AvgIpc) is 2.30. The first-order valence-corrected chi connectivity index (χ1v) is 5.76. The molecule has 0 amide bonds. The maximum Gasteiger partial charge on any atom is 0.278 e. The lowest BCUT2D eigenvalue weighted by molar-refractivity contribution is -0.384. The zero-order valence-corrected chi connectivity index (χ0v) is 10.4. The van der Waals surface area contributed by atoms with E-state index in [0.29, 0.717) is 5.56 Å². The molecule has 0 saturated carbocycles. The molecule has 16 heavy (non-hydrogen) atoms. The summed E-state index contributed by atoms with van der Waals surface area (Å²) in [6, 6.07) is 14.6. The first-order chi connectivity index (χ1) is 7.68. The second-order valence-electron chi connectivity index (χ2n) is 3.28. The first-order valence-electron chi connectivity index (χ1n) is 4.68. The molecule has 0 unspecified atom stereocenters. The van der Waals surface area contributed by atoms with Gasteiger partial charge in [0.05, 0.1) is 10.5 Å². The van der Waals surface area contributed by atoms with Gasteiger partial charge in [-0.3, -0.25) is 10.1 Å². The van der Waals surface area contributed by atoms with Crippen LogP contribution in [0.2, 0.25) is 0 Å². The zero-order valence-electron chi connectivity index (χ0n) is 8.26. The maximum atomic E-state index is 10.9. The molecule has 0 fully saturated rings. The van der Waals surface area contributed by atoms with Gasteiger partial charge in [-0.1, -0.05) is 30.3 Å². The van der Waals surface area contributed by atoms with Crippen molar-refractivity contribution in [2.45, 2.75) is 0 Å². The molecule has 0 aliphatic rings. The van der Waals surface area contributed by atoms with Gasteiger partial charge in [0.15, 0.2) is 0 Å². The van der Waals surface area contributed by atoms with Gasteiger partial charge in [-0.05, 0) is 40.3 Å². The highest BCUT2D eigenvalue weighted by molar-refractivity contribution is 14.1. The second kappa shape index (κ2) is 4.61. The van der Waals surface area contributed by atoms with Crippen molar-refractivity contribution < 1.29 is 4.92 Å². The van der Waals surface area contributed by atoms with Crippen molar-refractivity contribution in [3.63, 3.8) is 0 Å².